The van der Waals surface area contributed by atoms with E-state index in [-0.39, 0.29) is 11.9 Å². The number of ketones is 1. The van der Waals surface area contributed by atoms with Crippen LogP contribution in [0.25, 0.3) is 0 Å². The van der Waals surface area contributed by atoms with E-state index in [1.165, 1.54) is 0 Å². The van der Waals surface area contributed by atoms with Crippen LogP contribution < -0.4 is 4.74 Å². The van der Waals surface area contributed by atoms with Crippen molar-refractivity contribution in [1.82, 2.24) is 0 Å². The number of carbonyl (C=O) groups excluding carboxylic acids is 1. The Kier molecular flexibility index (Phi) is 3.15. The van der Waals surface area contributed by atoms with Crippen LogP contribution in [0.1, 0.15) is 34.0 Å². The van der Waals surface area contributed by atoms with Crippen molar-refractivity contribution < 1.29 is 9.53 Å². The zero-order valence-electron chi connectivity index (χ0n) is 10.5. The van der Waals surface area contributed by atoms with Crippen molar-refractivity contribution >= 4 is 21.7 Å². The molecule has 3 heteroatoms. The van der Waals surface area contributed by atoms with Gasteiger partial charge in [0.05, 0.1) is 12.0 Å². The van der Waals surface area contributed by atoms with Gasteiger partial charge < -0.3 is 4.74 Å². The van der Waals surface area contributed by atoms with Crippen LogP contribution in [0.5, 0.6) is 5.75 Å². The summed E-state index contributed by atoms with van der Waals surface area (Å²) in [6.07, 6.45) is 0.178. The molecule has 0 amide bonds. The number of rotatable bonds is 1. The van der Waals surface area contributed by atoms with Crippen molar-refractivity contribution in [2.45, 2.75) is 19.4 Å². The molecule has 3 rings (SSSR count). The van der Waals surface area contributed by atoms with Gasteiger partial charge in [-0.05, 0) is 25.1 Å². The zero-order chi connectivity index (χ0) is 13.4. The number of benzene rings is 2. The van der Waals surface area contributed by atoms with E-state index in [4.69, 9.17) is 4.74 Å². The van der Waals surface area contributed by atoms with Crippen LogP contribution in [-0.4, -0.2) is 5.78 Å². The summed E-state index contributed by atoms with van der Waals surface area (Å²) in [5, 5.41) is 0. The summed E-state index contributed by atoms with van der Waals surface area (Å²) < 4.78 is 6.95. The van der Waals surface area contributed by atoms with Crippen LogP contribution >= 0.6 is 15.9 Å². The number of aryl methyl sites for hydroxylation is 1. The van der Waals surface area contributed by atoms with Crippen molar-refractivity contribution in [2.75, 3.05) is 0 Å². The molecule has 0 radical (unpaired) electrons. The lowest BCUT2D eigenvalue weighted by atomic mass is 9.95. The second kappa shape index (κ2) is 4.82. The van der Waals surface area contributed by atoms with Crippen molar-refractivity contribution in [3.05, 3.63) is 63.6 Å². The molecule has 2 nitrogen and oxygen atoms in total. The van der Waals surface area contributed by atoms with E-state index in [9.17, 15) is 4.79 Å². The summed E-state index contributed by atoms with van der Waals surface area (Å²) in [5.74, 6) is 0.827. The average Bonchev–Trinajstić information content (AvgIpc) is 2.40. The summed E-state index contributed by atoms with van der Waals surface area (Å²) in [6, 6.07) is 13.6. The Bertz CT molecular complexity index is 649. The van der Waals surface area contributed by atoms with E-state index in [2.05, 4.69) is 15.9 Å². The number of halogens is 1. The van der Waals surface area contributed by atoms with Crippen LogP contribution in [0, 0.1) is 6.92 Å². The second-order valence-corrected chi connectivity index (χ2v) is 5.61. The molecule has 1 aliphatic rings. The molecule has 1 aliphatic heterocycles. The molecule has 2 aromatic rings. The maximum Gasteiger partial charge on any atom is 0.170 e. The highest BCUT2D eigenvalue weighted by molar-refractivity contribution is 9.10. The number of fused-ring (bicyclic) bond motifs is 1. The standard InChI is InChI=1S/C16H13BrO2/c1-10-6-7-15-12(8-10)14(18)9-16(19-15)11-4-2-3-5-13(11)17/h2-8,16H,9H2,1H3. The van der Waals surface area contributed by atoms with Crippen molar-refractivity contribution in [3.63, 3.8) is 0 Å². The Morgan fingerprint density at radius 3 is 2.79 bits per heavy atom. The van der Waals surface area contributed by atoms with E-state index < -0.39 is 0 Å². The van der Waals surface area contributed by atoms with Gasteiger partial charge >= 0.3 is 0 Å². The third-order valence-electron chi connectivity index (χ3n) is 3.33. The van der Waals surface area contributed by atoms with Gasteiger partial charge in [0.1, 0.15) is 11.9 Å². The highest BCUT2D eigenvalue weighted by Gasteiger charge is 2.28. The Balaban J connectivity index is 2.00. The van der Waals surface area contributed by atoms with Gasteiger partial charge in [0.15, 0.2) is 5.78 Å². The minimum absolute atomic E-state index is 0.144. The molecule has 1 unspecified atom stereocenters. The van der Waals surface area contributed by atoms with Gasteiger partial charge in [0.25, 0.3) is 0 Å². The minimum Gasteiger partial charge on any atom is -0.484 e. The molecule has 1 atom stereocenters. The van der Waals surface area contributed by atoms with E-state index in [0.717, 1.165) is 15.6 Å². The number of hydrogen-bond acceptors (Lipinski definition) is 2. The minimum atomic E-state index is -0.210. The van der Waals surface area contributed by atoms with Crippen molar-refractivity contribution in [3.8, 4) is 5.75 Å². The molecule has 2 aromatic carbocycles. The molecule has 0 aliphatic carbocycles. The Hall–Kier alpha value is -1.61. The first-order chi connectivity index (χ1) is 9.15. The van der Waals surface area contributed by atoms with E-state index >= 15 is 0 Å². The predicted octanol–water partition coefficient (Wildman–Crippen LogP) is 4.46. The van der Waals surface area contributed by atoms with Crippen LogP contribution in [0.2, 0.25) is 0 Å². The van der Waals surface area contributed by atoms with Crippen LogP contribution in [0.15, 0.2) is 46.9 Å². The topological polar surface area (TPSA) is 26.3 Å². The fourth-order valence-electron chi connectivity index (χ4n) is 2.35. The molecule has 1 heterocycles. The van der Waals surface area contributed by atoms with Crippen LogP contribution in [-0.2, 0) is 0 Å². The van der Waals surface area contributed by atoms with Gasteiger partial charge in [-0.3, -0.25) is 4.79 Å². The quantitative estimate of drug-likeness (QED) is 0.776. The highest BCUT2D eigenvalue weighted by atomic mass is 79.9. The average molecular weight is 317 g/mol. The van der Waals surface area contributed by atoms with Gasteiger partial charge in [-0.15, -0.1) is 0 Å². The molecular formula is C16H13BrO2. The molecule has 96 valence electrons. The van der Waals surface area contributed by atoms with E-state index in [1.54, 1.807) is 0 Å². The Morgan fingerprint density at radius 2 is 2.00 bits per heavy atom. The van der Waals surface area contributed by atoms with Crippen molar-refractivity contribution in [1.29, 1.82) is 0 Å². The number of Topliss-reactive ketones (excluding diaryl/α,β-unsaturated/α-hetero) is 1. The largest absolute Gasteiger partial charge is 0.484 e. The summed E-state index contributed by atoms with van der Waals surface area (Å²) in [6.45, 7) is 1.98. The van der Waals surface area contributed by atoms with Gasteiger partial charge in [-0.1, -0.05) is 45.8 Å². The molecule has 0 bridgehead atoms. The molecule has 0 spiro atoms. The summed E-state index contributed by atoms with van der Waals surface area (Å²) in [5.41, 5.74) is 2.79. The second-order valence-electron chi connectivity index (χ2n) is 4.75. The van der Waals surface area contributed by atoms with E-state index in [1.807, 2.05) is 49.4 Å². The van der Waals surface area contributed by atoms with E-state index in [0.29, 0.717) is 17.7 Å². The summed E-state index contributed by atoms with van der Waals surface area (Å²) in [7, 11) is 0. The molecule has 0 N–H and O–H groups in total. The van der Waals surface area contributed by atoms with Crippen LogP contribution in [0.3, 0.4) is 0 Å². The lowest BCUT2D eigenvalue weighted by Crippen LogP contribution is -2.20. The maximum absolute atomic E-state index is 12.2. The first-order valence-electron chi connectivity index (χ1n) is 6.20. The van der Waals surface area contributed by atoms with Gasteiger partial charge in [0.2, 0.25) is 0 Å². The molecule has 0 aromatic heterocycles. The SMILES string of the molecule is Cc1ccc2c(c1)C(=O)CC(c1ccccc1Br)O2. The Labute approximate surface area is 120 Å². The fraction of sp³-hybridized carbons (Fsp3) is 0.188. The molecule has 0 saturated carbocycles. The molecule has 0 fully saturated rings. The first-order valence-corrected chi connectivity index (χ1v) is 6.99. The van der Waals surface area contributed by atoms with Crippen LogP contribution in [0.4, 0.5) is 0 Å². The molecular weight excluding hydrogens is 304 g/mol. The maximum atomic E-state index is 12.2. The zero-order valence-corrected chi connectivity index (χ0v) is 12.1. The smallest absolute Gasteiger partial charge is 0.170 e. The molecule has 0 saturated heterocycles. The number of carbonyl (C=O) groups is 1. The fourth-order valence-corrected chi connectivity index (χ4v) is 2.89. The van der Waals surface area contributed by atoms with Crippen molar-refractivity contribution in [2.24, 2.45) is 0 Å². The lowest BCUT2D eigenvalue weighted by Gasteiger charge is -2.26. The highest BCUT2D eigenvalue weighted by Crippen LogP contribution is 2.37. The Morgan fingerprint density at radius 1 is 1.21 bits per heavy atom. The lowest BCUT2D eigenvalue weighted by molar-refractivity contribution is 0.0849. The first kappa shape index (κ1) is 12.4. The third kappa shape index (κ3) is 2.30. The third-order valence-corrected chi connectivity index (χ3v) is 4.05. The summed E-state index contributed by atoms with van der Waals surface area (Å²) in [4.78, 5) is 12.2. The van der Waals surface area contributed by atoms with Gasteiger partial charge in [-0.25, -0.2) is 0 Å². The van der Waals surface area contributed by atoms with Gasteiger partial charge in [0, 0.05) is 10.0 Å². The normalized spacial score (nSPS) is 17.8. The van der Waals surface area contributed by atoms with Gasteiger partial charge in [-0.2, -0.15) is 0 Å². The monoisotopic (exact) mass is 316 g/mol. The molecule has 19 heavy (non-hydrogen) atoms. The number of hydrogen-bond donors (Lipinski definition) is 0. The summed E-state index contributed by atoms with van der Waals surface area (Å²) >= 11 is 3.51. The predicted molar refractivity (Wildman–Crippen MR) is 77.6 cm³/mol. The number of ether oxygens (including phenoxy) is 1.